The molecule has 0 unspecified atom stereocenters. The maximum Gasteiger partial charge on any atom is 0.255 e. The number of amides is 1. The summed E-state index contributed by atoms with van der Waals surface area (Å²) in [5, 5.41) is 2.89. The van der Waals surface area contributed by atoms with E-state index < -0.39 is 0 Å². The van der Waals surface area contributed by atoms with Crippen LogP contribution in [0.5, 0.6) is 23.0 Å². The Morgan fingerprint density at radius 3 is 2.15 bits per heavy atom. The van der Waals surface area contributed by atoms with Gasteiger partial charge in [-0.05, 0) is 49.9 Å². The van der Waals surface area contributed by atoms with Gasteiger partial charge in [0.25, 0.3) is 5.91 Å². The van der Waals surface area contributed by atoms with Gasteiger partial charge in [0.2, 0.25) is 0 Å². The van der Waals surface area contributed by atoms with E-state index in [1.807, 2.05) is 0 Å². The van der Waals surface area contributed by atoms with Crippen LogP contribution in [0.3, 0.4) is 0 Å². The average molecular weight is 371 g/mol. The van der Waals surface area contributed by atoms with Crippen LogP contribution in [-0.2, 0) is 0 Å². The lowest BCUT2D eigenvalue weighted by molar-refractivity contribution is 0.102. The van der Waals surface area contributed by atoms with Gasteiger partial charge in [0.15, 0.2) is 11.5 Å². The molecule has 0 radical (unpaired) electrons. The van der Waals surface area contributed by atoms with Crippen LogP contribution in [-0.4, -0.2) is 33.3 Å². The molecule has 2 aromatic carbocycles. The molecule has 6 heteroatoms. The summed E-state index contributed by atoms with van der Waals surface area (Å²) in [7, 11) is 4.71. The second-order valence-electron chi connectivity index (χ2n) is 6.45. The fourth-order valence-electron chi connectivity index (χ4n) is 3.17. The Bertz CT molecular complexity index is 777. The Morgan fingerprint density at radius 1 is 0.889 bits per heavy atom. The van der Waals surface area contributed by atoms with Crippen LogP contribution in [0.15, 0.2) is 36.4 Å². The third-order valence-corrected chi connectivity index (χ3v) is 4.63. The first-order chi connectivity index (χ1) is 13.1. The highest BCUT2D eigenvalue weighted by molar-refractivity contribution is 6.05. The Morgan fingerprint density at radius 2 is 1.56 bits per heavy atom. The van der Waals surface area contributed by atoms with Crippen molar-refractivity contribution in [2.24, 2.45) is 0 Å². The number of nitrogens with one attached hydrogen (secondary N) is 1. The van der Waals surface area contributed by atoms with Crippen molar-refractivity contribution in [2.75, 3.05) is 26.6 Å². The van der Waals surface area contributed by atoms with E-state index in [0.29, 0.717) is 34.2 Å². The molecular formula is C21H25NO5. The molecular weight excluding hydrogens is 346 g/mol. The van der Waals surface area contributed by atoms with Crippen LogP contribution < -0.4 is 24.3 Å². The topological polar surface area (TPSA) is 66.0 Å². The summed E-state index contributed by atoms with van der Waals surface area (Å²) in [5.74, 6) is 2.15. The SMILES string of the molecule is COc1cc(OC)cc(C(=O)Nc2ccc(OC)c(OC3CCCC3)c2)c1. The van der Waals surface area contributed by atoms with E-state index >= 15 is 0 Å². The first-order valence-electron chi connectivity index (χ1n) is 9.02. The zero-order chi connectivity index (χ0) is 19.2. The van der Waals surface area contributed by atoms with Gasteiger partial charge in [0, 0.05) is 23.4 Å². The van der Waals surface area contributed by atoms with Gasteiger partial charge in [0.05, 0.1) is 27.4 Å². The lowest BCUT2D eigenvalue weighted by atomic mass is 10.1. The van der Waals surface area contributed by atoms with E-state index in [1.165, 1.54) is 12.8 Å². The summed E-state index contributed by atoms with van der Waals surface area (Å²) in [4.78, 5) is 12.7. The monoisotopic (exact) mass is 371 g/mol. The fourth-order valence-corrected chi connectivity index (χ4v) is 3.17. The van der Waals surface area contributed by atoms with Gasteiger partial charge in [-0.25, -0.2) is 0 Å². The van der Waals surface area contributed by atoms with Crippen LogP contribution in [0.1, 0.15) is 36.0 Å². The van der Waals surface area contributed by atoms with Crippen molar-refractivity contribution in [2.45, 2.75) is 31.8 Å². The smallest absolute Gasteiger partial charge is 0.255 e. The average Bonchev–Trinajstić information content (AvgIpc) is 3.20. The first-order valence-corrected chi connectivity index (χ1v) is 9.02. The molecule has 0 aromatic heterocycles. The first kappa shape index (κ1) is 18.9. The van der Waals surface area contributed by atoms with Crippen molar-refractivity contribution in [1.82, 2.24) is 0 Å². The maximum absolute atomic E-state index is 12.7. The number of ether oxygens (including phenoxy) is 4. The number of rotatable bonds is 7. The van der Waals surface area contributed by atoms with E-state index in [1.54, 1.807) is 57.7 Å². The lowest BCUT2D eigenvalue weighted by Crippen LogP contribution is -2.14. The Kier molecular flexibility index (Phi) is 6.06. The highest BCUT2D eigenvalue weighted by atomic mass is 16.5. The molecule has 1 N–H and O–H groups in total. The van der Waals surface area contributed by atoms with Gasteiger partial charge in [-0.3, -0.25) is 4.79 Å². The van der Waals surface area contributed by atoms with Crippen molar-refractivity contribution >= 4 is 11.6 Å². The second kappa shape index (κ2) is 8.66. The van der Waals surface area contributed by atoms with Crippen LogP contribution in [0, 0.1) is 0 Å². The van der Waals surface area contributed by atoms with E-state index in [2.05, 4.69) is 5.32 Å². The Hall–Kier alpha value is -2.89. The molecule has 0 bridgehead atoms. The quantitative estimate of drug-likeness (QED) is 0.787. The molecule has 27 heavy (non-hydrogen) atoms. The number of methoxy groups -OCH3 is 3. The van der Waals surface area contributed by atoms with Gasteiger partial charge in [-0.15, -0.1) is 0 Å². The molecule has 3 rings (SSSR count). The number of carbonyl (C=O) groups excluding carboxylic acids is 1. The van der Waals surface area contributed by atoms with Gasteiger partial charge >= 0.3 is 0 Å². The van der Waals surface area contributed by atoms with Crippen molar-refractivity contribution in [3.05, 3.63) is 42.0 Å². The van der Waals surface area contributed by atoms with Crippen LogP contribution in [0.4, 0.5) is 5.69 Å². The molecule has 2 aromatic rings. The highest BCUT2D eigenvalue weighted by Gasteiger charge is 2.19. The molecule has 1 aliphatic carbocycles. The standard InChI is InChI=1S/C21H25NO5/c1-24-17-10-14(11-18(13-17)25-2)21(23)22-15-8-9-19(26-3)20(12-15)27-16-6-4-5-7-16/h8-13,16H,4-7H2,1-3H3,(H,22,23). The van der Waals surface area contributed by atoms with E-state index in [4.69, 9.17) is 18.9 Å². The second-order valence-corrected chi connectivity index (χ2v) is 6.45. The van der Waals surface area contributed by atoms with E-state index in [-0.39, 0.29) is 12.0 Å². The minimum absolute atomic E-state index is 0.201. The van der Waals surface area contributed by atoms with Gasteiger partial charge < -0.3 is 24.3 Å². The van der Waals surface area contributed by atoms with Gasteiger partial charge in [0.1, 0.15) is 11.5 Å². The number of hydrogen-bond donors (Lipinski definition) is 1. The van der Waals surface area contributed by atoms with Crippen molar-refractivity contribution in [1.29, 1.82) is 0 Å². The maximum atomic E-state index is 12.7. The van der Waals surface area contributed by atoms with Crippen molar-refractivity contribution in [3.63, 3.8) is 0 Å². The zero-order valence-corrected chi connectivity index (χ0v) is 15.9. The minimum Gasteiger partial charge on any atom is -0.497 e. The molecule has 0 saturated heterocycles. The summed E-state index contributed by atoms with van der Waals surface area (Å²) in [6.45, 7) is 0. The zero-order valence-electron chi connectivity index (χ0n) is 15.9. The fraction of sp³-hybridized carbons (Fsp3) is 0.381. The van der Waals surface area contributed by atoms with Gasteiger partial charge in [-0.1, -0.05) is 0 Å². The van der Waals surface area contributed by atoms with Crippen molar-refractivity contribution < 1.29 is 23.7 Å². The molecule has 0 aliphatic heterocycles. The molecule has 1 aliphatic rings. The number of hydrogen-bond acceptors (Lipinski definition) is 5. The Labute approximate surface area is 159 Å². The molecule has 0 heterocycles. The summed E-state index contributed by atoms with van der Waals surface area (Å²) >= 11 is 0. The molecule has 1 amide bonds. The van der Waals surface area contributed by atoms with Crippen LogP contribution in [0.2, 0.25) is 0 Å². The molecule has 1 fully saturated rings. The molecule has 0 atom stereocenters. The van der Waals surface area contributed by atoms with E-state index in [0.717, 1.165) is 12.8 Å². The third-order valence-electron chi connectivity index (χ3n) is 4.63. The summed E-state index contributed by atoms with van der Waals surface area (Å²) in [6.07, 6.45) is 4.65. The van der Waals surface area contributed by atoms with Crippen LogP contribution >= 0.6 is 0 Å². The van der Waals surface area contributed by atoms with Crippen molar-refractivity contribution in [3.8, 4) is 23.0 Å². The summed E-state index contributed by atoms with van der Waals surface area (Å²) in [6, 6.07) is 10.4. The third kappa shape index (κ3) is 4.64. The summed E-state index contributed by atoms with van der Waals surface area (Å²) in [5.41, 5.74) is 1.08. The summed E-state index contributed by atoms with van der Waals surface area (Å²) < 4.78 is 21.9. The lowest BCUT2D eigenvalue weighted by Gasteiger charge is -2.17. The predicted octanol–water partition coefficient (Wildman–Crippen LogP) is 4.29. The largest absolute Gasteiger partial charge is 0.497 e. The normalized spacial score (nSPS) is 13.9. The number of benzene rings is 2. The van der Waals surface area contributed by atoms with Crippen LogP contribution in [0.25, 0.3) is 0 Å². The molecule has 144 valence electrons. The number of carbonyl (C=O) groups is 1. The Balaban J connectivity index is 1.79. The minimum atomic E-state index is -0.260. The highest BCUT2D eigenvalue weighted by Crippen LogP contribution is 2.34. The molecule has 1 saturated carbocycles. The van der Waals surface area contributed by atoms with Gasteiger partial charge in [-0.2, -0.15) is 0 Å². The molecule has 0 spiro atoms. The van der Waals surface area contributed by atoms with E-state index in [9.17, 15) is 4.79 Å². The number of anilines is 1. The predicted molar refractivity (Wildman–Crippen MR) is 103 cm³/mol. The molecule has 6 nitrogen and oxygen atoms in total.